The molecule has 11 nitrogen and oxygen atoms in total. The summed E-state index contributed by atoms with van der Waals surface area (Å²) in [4.78, 5) is 61.7. The zero-order valence-electron chi connectivity index (χ0n) is 21.3. The average molecular weight is 494 g/mol. The number of carboxylic acid groups (broad SMARTS) is 1. The molecular weight excluding hydrogens is 454 g/mol. The Morgan fingerprint density at radius 1 is 0.971 bits per heavy atom. The molecule has 0 spiro atoms. The van der Waals surface area contributed by atoms with Crippen LogP contribution in [0.15, 0.2) is 24.3 Å². The summed E-state index contributed by atoms with van der Waals surface area (Å²) in [5, 5.41) is 22.4. The van der Waals surface area contributed by atoms with E-state index in [9.17, 15) is 29.1 Å². The van der Waals surface area contributed by atoms with Crippen LogP contribution in [0.1, 0.15) is 48.0 Å². The van der Waals surface area contributed by atoms with Gasteiger partial charge in [-0.2, -0.15) is 0 Å². The van der Waals surface area contributed by atoms with Crippen molar-refractivity contribution in [2.75, 3.05) is 6.54 Å². The molecule has 0 radical (unpaired) electrons. The Morgan fingerprint density at radius 3 is 2.11 bits per heavy atom. The number of hydrogen-bond acceptors (Lipinski definition) is 5. The Labute approximate surface area is 206 Å². The number of aliphatic carboxylic acids is 1. The first-order chi connectivity index (χ1) is 16.3. The second-order valence-electron chi connectivity index (χ2n) is 9.53. The van der Waals surface area contributed by atoms with E-state index in [2.05, 4.69) is 26.6 Å². The molecule has 6 N–H and O–H groups in total. The zero-order chi connectivity index (χ0) is 26.7. The Kier molecular flexibility index (Phi) is 12.0. The van der Waals surface area contributed by atoms with E-state index in [-0.39, 0.29) is 23.7 Å². The lowest BCUT2D eigenvalue weighted by Crippen LogP contribution is -2.58. The van der Waals surface area contributed by atoms with Gasteiger partial charge in [0.15, 0.2) is 0 Å². The van der Waals surface area contributed by atoms with Gasteiger partial charge in [0, 0.05) is 18.7 Å². The molecule has 0 unspecified atom stereocenters. The monoisotopic (exact) mass is 493 g/mol. The fourth-order valence-electron chi connectivity index (χ4n) is 3.27. The maximum Gasteiger partial charge on any atom is 0.326 e. The van der Waals surface area contributed by atoms with Crippen LogP contribution >= 0.6 is 0 Å². The van der Waals surface area contributed by atoms with Gasteiger partial charge in [-0.05, 0) is 24.2 Å². The van der Waals surface area contributed by atoms with Gasteiger partial charge in [-0.1, -0.05) is 59.8 Å². The molecule has 5 amide bonds. The molecule has 0 bridgehead atoms. The standard InChI is InChI=1S/C24H39N5O6/c1-13(2)16-10-11-18(30)25-12-8-7-9-17(21(31)26-16)27-22(32)19(14(3)4)28-24(35)29-20(15(5)6)23(33)34/h7,9-11,13-17,19-20H,8,12H2,1-6H3,(H,25,30)(H,26,31)(H,27,32)(H,33,34)(H2,28,29,35)/b9-7+,11-10+/t16-,17+,19+,20-/m1/s1. The summed E-state index contributed by atoms with van der Waals surface area (Å²) in [5.74, 6) is -3.20. The highest BCUT2D eigenvalue weighted by Crippen LogP contribution is 2.08. The van der Waals surface area contributed by atoms with Gasteiger partial charge < -0.3 is 31.7 Å². The molecule has 1 rings (SSSR count). The van der Waals surface area contributed by atoms with Crippen LogP contribution in [0.5, 0.6) is 0 Å². The highest BCUT2D eigenvalue weighted by atomic mass is 16.4. The summed E-state index contributed by atoms with van der Waals surface area (Å²) in [7, 11) is 0. The van der Waals surface area contributed by atoms with Gasteiger partial charge in [0.1, 0.15) is 18.1 Å². The lowest BCUT2D eigenvalue weighted by Gasteiger charge is -2.27. The molecule has 0 aromatic carbocycles. The van der Waals surface area contributed by atoms with Crippen molar-refractivity contribution in [2.45, 2.75) is 72.1 Å². The van der Waals surface area contributed by atoms with Crippen molar-refractivity contribution in [1.29, 1.82) is 0 Å². The highest BCUT2D eigenvalue weighted by molar-refractivity contribution is 5.94. The van der Waals surface area contributed by atoms with Crippen LogP contribution in [0.2, 0.25) is 0 Å². The molecule has 0 fully saturated rings. The fourth-order valence-corrected chi connectivity index (χ4v) is 3.27. The first-order valence-electron chi connectivity index (χ1n) is 11.9. The van der Waals surface area contributed by atoms with Gasteiger partial charge in [-0.15, -0.1) is 0 Å². The van der Waals surface area contributed by atoms with Crippen LogP contribution in [0.25, 0.3) is 0 Å². The molecule has 0 aromatic heterocycles. The predicted molar refractivity (Wildman–Crippen MR) is 131 cm³/mol. The molecule has 4 atom stereocenters. The third-order valence-corrected chi connectivity index (χ3v) is 5.46. The van der Waals surface area contributed by atoms with E-state index in [1.165, 1.54) is 6.08 Å². The molecule has 1 aliphatic heterocycles. The van der Waals surface area contributed by atoms with Gasteiger partial charge in [-0.3, -0.25) is 14.4 Å². The van der Waals surface area contributed by atoms with E-state index in [1.54, 1.807) is 45.9 Å². The lowest BCUT2D eigenvalue weighted by atomic mass is 10.0. The lowest BCUT2D eigenvalue weighted by molar-refractivity contribution is -0.140. The second-order valence-corrected chi connectivity index (χ2v) is 9.53. The first-order valence-corrected chi connectivity index (χ1v) is 11.9. The average Bonchev–Trinajstić information content (AvgIpc) is 2.75. The molecule has 35 heavy (non-hydrogen) atoms. The summed E-state index contributed by atoms with van der Waals surface area (Å²) in [6.45, 7) is 10.9. The van der Waals surface area contributed by atoms with Crippen LogP contribution < -0.4 is 26.6 Å². The Morgan fingerprint density at radius 2 is 1.57 bits per heavy atom. The molecule has 1 aliphatic rings. The molecular formula is C24H39N5O6. The van der Waals surface area contributed by atoms with Crippen molar-refractivity contribution in [3.05, 3.63) is 24.3 Å². The minimum Gasteiger partial charge on any atom is -0.480 e. The predicted octanol–water partition coefficient (Wildman–Crippen LogP) is 0.677. The maximum atomic E-state index is 13.1. The molecule has 0 aliphatic carbocycles. The van der Waals surface area contributed by atoms with Crippen molar-refractivity contribution in [3.63, 3.8) is 0 Å². The molecule has 0 saturated carbocycles. The summed E-state index contributed by atoms with van der Waals surface area (Å²) in [5.41, 5.74) is 0. The Bertz CT molecular complexity index is 836. The highest BCUT2D eigenvalue weighted by Gasteiger charge is 2.30. The summed E-state index contributed by atoms with van der Waals surface area (Å²) < 4.78 is 0. The van der Waals surface area contributed by atoms with Crippen LogP contribution in [0.3, 0.4) is 0 Å². The van der Waals surface area contributed by atoms with Crippen molar-refractivity contribution in [2.24, 2.45) is 17.8 Å². The number of carbonyl (C=O) groups is 5. The number of carboxylic acids is 1. The molecule has 0 saturated heterocycles. The van der Waals surface area contributed by atoms with Gasteiger partial charge in [0.05, 0.1) is 0 Å². The van der Waals surface area contributed by atoms with Crippen LogP contribution in [-0.4, -0.2) is 65.5 Å². The minimum atomic E-state index is -1.18. The van der Waals surface area contributed by atoms with Gasteiger partial charge in [0.2, 0.25) is 17.7 Å². The molecule has 0 aromatic rings. The number of carbonyl (C=O) groups excluding carboxylic acids is 4. The molecule has 11 heteroatoms. The van der Waals surface area contributed by atoms with Crippen LogP contribution in [0.4, 0.5) is 4.79 Å². The van der Waals surface area contributed by atoms with Crippen LogP contribution in [-0.2, 0) is 19.2 Å². The summed E-state index contributed by atoms with van der Waals surface area (Å²) in [6, 6.07) is -4.37. The normalized spacial score (nSPS) is 22.7. The minimum absolute atomic E-state index is 0.0109. The number of nitrogens with one attached hydrogen (secondary N) is 5. The first kappa shape index (κ1) is 29.7. The number of urea groups is 1. The maximum absolute atomic E-state index is 13.1. The van der Waals surface area contributed by atoms with E-state index in [0.29, 0.717) is 13.0 Å². The van der Waals surface area contributed by atoms with Crippen LogP contribution in [0, 0.1) is 17.8 Å². The second kappa shape index (κ2) is 14.1. The van der Waals surface area contributed by atoms with E-state index >= 15 is 0 Å². The van der Waals surface area contributed by atoms with E-state index < -0.39 is 48.0 Å². The smallest absolute Gasteiger partial charge is 0.326 e. The van der Waals surface area contributed by atoms with Crippen molar-refractivity contribution < 1.29 is 29.1 Å². The molecule has 196 valence electrons. The Balaban J connectivity index is 3.01. The Hall–Kier alpha value is -3.37. The SMILES string of the molecule is CC(C)[C@H](NC(=O)N[C@@H](C(=O)O)C(C)C)C(=O)N[C@H]1/C=C/CCNC(=O)/C=C/[C@H](C(C)C)NC1=O. The van der Waals surface area contributed by atoms with Gasteiger partial charge >= 0.3 is 12.0 Å². The van der Waals surface area contributed by atoms with Crippen molar-refractivity contribution >= 4 is 29.7 Å². The molecule has 1 heterocycles. The number of hydrogen-bond donors (Lipinski definition) is 6. The largest absolute Gasteiger partial charge is 0.480 e. The number of amides is 5. The topological polar surface area (TPSA) is 166 Å². The third-order valence-electron chi connectivity index (χ3n) is 5.46. The fraction of sp³-hybridized carbons (Fsp3) is 0.625. The van der Waals surface area contributed by atoms with E-state index in [4.69, 9.17) is 0 Å². The van der Waals surface area contributed by atoms with E-state index in [0.717, 1.165) is 0 Å². The quantitative estimate of drug-likeness (QED) is 0.272. The van der Waals surface area contributed by atoms with E-state index in [1.807, 2.05) is 13.8 Å². The summed E-state index contributed by atoms with van der Waals surface area (Å²) in [6.07, 6.45) is 6.66. The van der Waals surface area contributed by atoms with Gasteiger partial charge in [0.25, 0.3) is 0 Å². The number of rotatable bonds is 8. The third kappa shape index (κ3) is 10.2. The van der Waals surface area contributed by atoms with Gasteiger partial charge in [-0.25, -0.2) is 9.59 Å². The zero-order valence-corrected chi connectivity index (χ0v) is 21.3. The van der Waals surface area contributed by atoms with Crippen molar-refractivity contribution in [1.82, 2.24) is 26.6 Å². The van der Waals surface area contributed by atoms with Crippen molar-refractivity contribution in [3.8, 4) is 0 Å². The summed E-state index contributed by atoms with van der Waals surface area (Å²) >= 11 is 0.